The molecule has 1 N–H and O–H groups in total. The van der Waals surface area contributed by atoms with Crippen molar-refractivity contribution in [1.82, 2.24) is 9.47 Å². The Hall–Kier alpha value is -1.81. The third kappa shape index (κ3) is 2.56. The Balaban J connectivity index is 1.78. The van der Waals surface area contributed by atoms with Gasteiger partial charge in [-0.2, -0.15) is 0 Å². The van der Waals surface area contributed by atoms with Crippen molar-refractivity contribution in [1.29, 1.82) is 0 Å². The normalized spacial score (nSPS) is 16.6. The van der Waals surface area contributed by atoms with E-state index in [0.717, 1.165) is 24.0 Å². The van der Waals surface area contributed by atoms with Crippen LogP contribution in [0.1, 0.15) is 29.6 Å². The predicted molar refractivity (Wildman–Crippen MR) is 79.2 cm³/mol. The Labute approximate surface area is 118 Å². The number of carboxylic acid groups (broad SMARTS) is 1. The van der Waals surface area contributed by atoms with Crippen LogP contribution in [0.2, 0.25) is 0 Å². The molecule has 2 aromatic rings. The Bertz CT molecular complexity index is 612. The van der Waals surface area contributed by atoms with Crippen molar-refractivity contribution in [3.63, 3.8) is 0 Å². The lowest BCUT2D eigenvalue weighted by atomic mass is 10.1. The second-order valence-electron chi connectivity index (χ2n) is 5.45. The van der Waals surface area contributed by atoms with Crippen LogP contribution in [0.25, 0.3) is 10.9 Å². The molecule has 1 aliphatic heterocycles. The van der Waals surface area contributed by atoms with Crippen LogP contribution in [0.4, 0.5) is 0 Å². The van der Waals surface area contributed by atoms with Gasteiger partial charge < -0.3 is 14.6 Å². The van der Waals surface area contributed by atoms with Crippen molar-refractivity contribution >= 4 is 16.9 Å². The van der Waals surface area contributed by atoms with Gasteiger partial charge in [0, 0.05) is 30.2 Å². The average Bonchev–Trinajstić information content (AvgIpc) is 2.89. The highest BCUT2D eigenvalue weighted by atomic mass is 16.4. The van der Waals surface area contributed by atoms with Crippen LogP contribution < -0.4 is 0 Å². The molecule has 4 nitrogen and oxygen atoms in total. The maximum atomic E-state index is 11.2. The number of aromatic carboxylic acids is 1. The zero-order chi connectivity index (χ0) is 13.9. The topological polar surface area (TPSA) is 45.5 Å². The number of piperidine rings is 1. The fourth-order valence-electron chi connectivity index (χ4n) is 3.04. The average molecular weight is 272 g/mol. The molecule has 3 rings (SSSR count). The number of hydrogen-bond acceptors (Lipinski definition) is 2. The minimum absolute atomic E-state index is 0.388. The monoisotopic (exact) mass is 272 g/mol. The van der Waals surface area contributed by atoms with Gasteiger partial charge in [0.05, 0.1) is 5.56 Å². The van der Waals surface area contributed by atoms with E-state index in [1.807, 2.05) is 24.4 Å². The molecule has 1 aromatic heterocycles. The fraction of sp³-hybridized carbons (Fsp3) is 0.438. The summed E-state index contributed by atoms with van der Waals surface area (Å²) < 4.78 is 2.16. The molecular formula is C16H20N2O2. The molecule has 1 aromatic carbocycles. The first kappa shape index (κ1) is 13.2. The second kappa shape index (κ2) is 5.67. The van der Waals surface area contributed by atoms with Crippen molar-refractivity contribution < 1.29 is 9.90 Å². The molecule has 0 aliphatic carbocycles. The summed E-state index contributed by atoms with van der Waals surface area (Å²) in [5, 5.41) is 10.0. The Morgan fingerprint density at radius 2 is 1.90 bits per heavy atom. The molecule has 0 bridgehead atoms. The van der Waals surface area contributed by atoms with E-state index >= 15 is 0 Å². The Kier molecular flexibility index (Phi) is 3.74. The summed E-state index contributed by atoms with van der Waals surface area (Å²) in [4.78, 5) is 13.7. The first-order valence-corrected chi connectivity index (χ1v) is 7.29. The molecule has 4 heteroatoms. The summed E-state index contributed by atoms with van der Waals surface area (Å²) in [7, 11) is 0. The smallest absolute Gasteiger partial charge is 0.336 e. The van der Waals surface area contributed by atoms with E-state index in [1.54, 1.807) is 6.07 Å². The molecule has 0 radical (unpaired) electrons. The molecule has 1 saturated heterocycles. The van der Waals surface area contributed by atoms with E-state index in [2.05, 4.69) is 9.47 Å². The molecule has 0 amide bonds. The summed E-state index contributed by atoms with van der Waals surface area (Å²) in [6.07, 6.45) is 5.96. The highest BCUT2D eigenvalue weighted by Crippen LogP contribution is 2.20. The minimum atomic E-state index is -0.857. The Morgan fingerprint density at radius 1 is 1.10 bits per heavy atom. The summed E-state index contributed by atoms with van der Waals surface area (Å²) >= 11 is 0. The maximum absolute atomic E-state index is 11.2. The largest absolute Gasteiger partial charge is 0.478 e. The lowest BCUT2D eigenvalue weighted by molar-refractivity contribution is 0.0699. The number of carbonyl (C=O) groups is 1. The predicted octanol–water partition coefficient (Wildman–Crippen LogP) is 2.83. The number of carboxylic acids is 1. The van der Waals surface area contributed by atoms with Gasteiger partial charge in [-0.1, -0.05) is 12.5 Å². The summed E-state index contributed by atoms with van der Waals surface area (Å²) in [6.45, 7) is 4.35. The SMILES string of the molecule is O=C(O)c1cccc2c1ccn2CCN1CCCCC1. The highest BCUT2D eigenvalue weighted by molar-refractivity contribution is 6.02. The first-order chi connectivity index (χ1) is 9.75. The first-order valence-electron chi connectivity index (χ1n) is 7.29. The van der Waals surface area contributed by atoms with Crippen molar-refractivity contribution in [2.45, 2.75) is 25.8 Å². The number of fused-ring (bicyclic) bond motifs is 1. The molecule has 1 fully saturated rings. The van der Waals surface area contributed by atoms with E-state index < -0.39 is 5.97 Å². The number of aromatic nitrogens is 1. The van der Waals surface area contributed by atoms with Gasteiger partial charge >= 0.3 is 5.97 Å². The van der Waals surface area contributed by atoms with Crippen LogP contribution >= 0.6 is 0 Å². The lowest BCUT2D eigenvalue weighted by Gasteiger charge is -2.26. The summed E-state index contributed by atoms with van der Waals surface area (Å²) in [5.74, 6) is -0.857. The van der Waals surface area contributed by atoms with Gasteiger partial charge in [0.2, 0.25) is 0 Å². The van der Waals surface area contributed by atoms with Gasteiger partial charge in [0.15, 0.2) is 0 Å². The van der Waals surface area contributed by atoms with Gasteiger partial charge in [-0.3, -0.25) is 0 Å². The summed E-state index contributed by atoms with van der Waals surface area (Å²) in [5.41, 5.74) is 1.40. The third-order valence-corrected chi connectivity index (χ3v) is 4.15. The highest BCUT2D eigenvalue weighted by Gasteiger charge is 2.12. The molecule has 106 valence electrons. The number of rotatable bonds is 4. The molecule has 0 atom stereocenters. The number of likely N-dealkylation sites (tertiary alicyclic amines) is 1. The number of hydrogen-bond donors (Lipinski definition) is 1. The van der Waals surface area contributed by atoms with E-state index in [4.69, 9.17) is 0 Å². The number of nitrogens with zero attached hydrogens (tertiary/aromatic N) is 2. The third-order valence-electron chi connectivity index (χ3n) is 4.15. The van der Waals surface area contributed by atoms with Crippen LogP contribution in [0.3, 0.4) is 0 Å². The van der Waals surface area contributed by atoms with Gasteiger partial charge in [-0.15, -0.1) is 0 Å². The van der Waals surface area contributed by atoms with Gasteiger partial charge in [-0.05, 0) is 44.1 Å². The van der Waals surface area contributed by atoms with Crippen molar-refractivity contribution in [2.24, 2.45) is 0 Å². The van der Waals surface area contributed by atoms with Crippen LogP contribution in [-0.4, -0.2) is 40.2 Å². The van der Waals surface area contributed by atoms with E-state index in [9.17, 15) is 9.90 Å². The van der Waals surface area contributed by atoms with Crippen molar-refractivity contribution in [3.8, 4) is 0 Å². The van der Waals surface area contributed by atoms with Crippen LogP contribution in [-0.2, 0) is 6.54 Å². The lowest BCUT2D eigenvalue weighted by Crippen LogP contribution is -2.32. The minimum Gasteiger partial charge on any atom is -0.478 e. The van der Waals surface area contributed by atoms with Crippen molar-refractivity contribution in [3.05, 3.63) is 36.0 Å². The van der Waals surface area contributed by atoms with Crippen LogP contribution in [0.15, 0.2) is 30.5 Å². The molecule has 20 heavy (non-hydrogen) atoms. The van der Waals surface area contributed by atoms with Crippen molar-refractivity contribution in [2.75, 3.05) is 19.6 Å². The van der Waals surface area contributed by atoms with E-state index in [0.29, 0.717) is 5.56 Å². The van der Waals surface area contributed by atoms with Crippen LogP contribution in [0, 0.1) is 0 Å². The Morgan fingerprint density at radius 3 is 2.65 bits per heavy atom. The molecule has 0 spiro atoms. The van der Waals surface area contributed by atoms with E-state index in [-0.39, 0.29) is 0 Å². The fourth-order valence-corrected chi connectivity index (χ4v) is 3.04. The van der Waals surface area contributed by atoms with Crippen LogP contribution in [0.5, 0.6) is 0 Å². The van der Waals surface area contributed by atoms with Gasteiger partial charge in [0.25, 0.3) is 0 Å². The second-order valence-corrected chi connectivity index (χ2v) is 5.45. The molecular weight excluding hydrogens is 252 g/mol. The molecule has 1 aliphatic rings. The number of benzene rings is 1. The van der Waals surface area contributed by atoms with Gasteiger partial charge in [0.1, 0.15) is 0 Å². The zero-order valence-electron chi connectivity index (χ0n) is 11.6. The maximum Gasteiger partial charge on any atom is 0.336 e. The summed E-state index contributed by atoms with van der Waals surface area (Å²) in [6, 6.07) is 7.40. The molecule has 0 saturated carbocycles. The zero-order valence-corrected chi connectivity index (χ0v) is 11.6. The van der Waals surface area contributed by atoms with Gasteiger partial charge in [-0.25, -0.2) is 4.79 Å². The quantitative estimate of drug-likeness (QED) is 0.931. The van der Waals surface area contributed by atoms with E-state index in [1.165, 1.54) is 32.4 Å². The standard InChI is InChI=1S/C16H20N2O2/c19-16(20)14-5-4-6-15-13(14)7-10-18(15)12-11-17-8-2-1-3-9-17/h4-7,10H,1-3,8-9,11-12H2,(H,19,20). The molecule has 0 unspecified atom stereocenters. The molecule has 2 heterocycles.